The molecule has 0 fully saturated rings. The third-order valence-electron chi connectivity index (χ3n) is 5.63. The summed E-state index contributed by atoms with van der Waals surface area (Å²) in [6.07, 6.45) is 8.20. The molecule has 0 heterocycles. The lowest BCUT2D eigenvalue weighted by atomic mass is 9.80. The van der Waals surface area contributed by atoms with Gasteiger partial charge in [0.1, 0.15) is 0 Å². The predicted octanol–water partition coefficient (Wildman–Crippen LogP) is 7.52. The van der Waals surface area contributed by atoms with Crippen molar-refractivity contribution in [3.63, 3.8) is 0 Å². The van der Waals surface area contributed by atoms with Crippen LogP contribution in [0.2, 0.25) is 0 Å². The zero-order chi connectivity index (χ0) is 21.8. The Morgan fingerprint density at radius 2 is 1.55 bits per heavy atom. The summed E-state index contributed by atoms with van der Waals surface area (Å²) >= 11 is 0. The molecule has 156 valence electrons. The molecule has 1 aromatic rings. The Hall–Kier alpha value is -2.22. The third kappa shape index (κ3) is 6.13. The number of ketones is 2. The number of fused-ring (bicyclic) bond motifs is 1. The fraction of sp³-hybridized carbons (Fsp3) is 0.481. The molecule has 2 rings (SSSR count). The minimum atomic E-state index is -0.0210. The summed E-state index contributed by atoms with van der Waals surface area (Å²) in [5, 5.41) is 0. The van der Waals surface area contributed by atoms with Crippen molar-refractivity contribution in [2.24, 2.45) is 11.3 Å². The fourth-order valence-electron chi connectivity index (χ4n) is 4.15. The molecule has 0 aliphatic heterocycles. The average molecular weight is 393 g/mol. The number of rotatable bonds is 8. The van der Waals surface area contributed by atoms with Crippen LogP contribution >= 0.6 is 0 Å². The van der Waals surface area contributed by atoms with Gasteiger partial charge in [-0.25, -0.2) is 0 Å². The van der Waals surface area contributed by atoms with E-state index in [1.54, 1.807) is 19.1 Å². The predicted molar refractivity (Wildman–Crippen MR) is 122 cm³/mol. The van der Waals surface area contributed by atoms with Crippen LogP contribution in [0.25, 0.3) is 0 Å². The molecular formula is C27H36O2. The summed E-state index contributed by atoms with van der Waals surface area (Å²) in [6, 6.07) is 7.13. The van der Waals surface area contributed by atoms with Crippen LogP contribution in [0.3, 0.4) is 0 Å². The molecule has 1 aromatic carbocycles. The van der Waals surface area contributed by atoms with Crippen LogP contribution < -0.4 is 0 Å². The number of carbonyl (C=O) groups excluding carboxylic acids is 2. The first-order valence-electron chi connectivity index (χ1n) is 10.7. The van der Waals surface area contributed by atoms with E-state index < -0.39 is 0 Å². The maximum Gasteiger partial charge on any atom is 0.190 e. The van der Waals surface area contributed by atoms with Crippen LogP contribution in [0.1, 0.15) is 94.9 Å². The van der Waals surface area contributed by atoms with Gasteiger partial charge in [-0.3, -0.25) is 9.59 Å². The standard InChI is InChI=1S/C27H36O2/c1-18(2)16-19(3)14-15-27(6,7)17-20(4)12-13-22-21(5)25(28)23-10-8-9-11-24(23)26(22)29/h8-12,14,18H,13,15-17H2,1-7H3/b19-14+,20-12+. The molecule has 2 nitrogen and oxygen atoms in total. The largest absolute Gasteiger partial charge is 0.289 e. The highest BCUT2D eigenvalue weighted by Gasteiger charge is 2.28. The third-order valence-corrected chi connectivity index (χ3v) is 5.63. The number of allylic oxidation sites excluding steroid dienone is 6. The SMILES string of the molecule is CC1=C(C/C=C(\C)CC(C)(C)C/C=C(\C)CC(C)C)C(=O)c2ccccc2C1=O. The molecule has 0 bridgehead atoms. The Morgan fingerprint density at radius 1 is 0.966 bits per heavy atom. The van der Waals surface area contributed by atoms with Gasteiger partial charge in [-0.15, -0.1) is 0 Å². The molecule has 29 heavy (non-hydrogen) atoms. The summed E-state index contributed by atoms with van der Waals surface area (Å²) in [5.74, 6) is 0.661. The van der Waals surface area contributed by atoms with E-state index in [-0.39, 0.29) is 17.0 Å². The maximum atomic E-state index is 12.9. The summed E-state index contributed by atoms with van der Waals surface area (Å²) in [5.41, 5.74) is 5.19. The van der Waals surface area contributed by atoms with E-state index in [0.717, 1.165) is 19.3 Å². The van der Waals surface area contributed by atoms with E-state index in [1.165, 1.54) is 11.1 Å². The monoisotopic (exact) mass is 392 g/mol. The van der Waals surface area contributed by atoms with Crippen LogP contribution in [-0.2, 0) is 0 Å². The lowest BCUT2D eigenvalue weighted by Crippen LogP contribution is -2.20. The molecule has 0 aromatic heterocycles. The van der Waals surface area contributed by atoms with E-state index >= 15 is 0 Å². The molecule has 2 heteroatoms. The summed E-state index contributed by atoms with van der Waals surface area (Å²) in [6.45, 7) is 15.2. The van der Waals surface area contributed by atoms with Crippen LogP contribution in [0.15, 0.2) is 58.7 Å². The van der Waals surface area contributed by atoms with Crippen molar-refractivity contribution in [1.29, 1.82) is 0 Å². The van der Waals surface area contributed by atoms with Gasteiger partial charge in [0.25, 0.3) is 0 Å². The van der Waals surface area contributed by atoms with Crippen molar-refractivity contribution in [2.45, 2.75) is 74.1 Å². The highest BCUT2D eigenvalue weighted by molar-refractivity contribution is 6.26. The van der Waals surface area contributed by atoms with E-state index in [9.17, 15) is 9.59 Å². The van der Waals surface area contributed by atoms with Crippen molar-refractivity contribution in [2.75, 3.05) is 0 Å². The molecule has 1 aliphatic rings. The van der Waals surface area contributed by atoms with Crippen molar-refractivity contribution >= 4 is 11.6 Å². The minimum absolute atomic E-state index is 0.00625. The first-order chi connectivity index (χ1) is 13.5. The second-order valence-corrected chi connectivity index (χ2v) is 9.76. The van der Waals surface area contributed by atoms with Crippen LogP contribution in [0, 0.1) is 11.3 Å². The summed E-state index contributed by atoms with van der Waals surface area (Å²) in [7, 11) is 0. The van der Waals surface area contributed by atoms with Crippen LogP contribution in [-0.4, -0.2) is 11.6 Å². The molecular weight excluding hydrogens is 356 g/mol. The van der Waals surface area contributed by atoms with Crippen molar-refractivity contribution in [3.8, 4) is 0 Å². The van der Waals surface area contributed by atoms with Gasteiger partial charge < -0.3 is 0 Å². The van der Waals surface area contributed by atoms with Gasteiger partial charge in [0, 0.05) is 22.3 Å². The van der Waals surface area contributed by atoms with Crippen LogP contribution in [0.4, 0.5) is 0 Å². The summed E-state index contributed by atoms with van der Waals surface area (Å²) in [4.78, 5) is 25.5. The smallest absolute Gasteiger partial charge is 0.190 e. The van der Waals surface area contributed by atoms with E-state index in [1.807, 2.05) is 12.1 Å². The quantitative estimate of drug-likeness (QED) is 0.429. The first kappa shape index (κ1) is 23.1. The number of Topliss-reactive ketones (excluding diaryl/α,β-unsaturated/α-hetero) is 2. The molecule has 0 radical (unpaired) electrons. The topological polar surface area (TPSA) is 34.1 Å². The lowest BCUT2D eigenvalue weighted by Gasteiger charge is -2.24. The highest BCUT2D eigenvalue weighted by Crippen LogP contribution is 2.32. The Labute approximate surface area is 176 Å². The Morgan fingerprint density at radius 3 is 2.14 bits per heavy atom. The van der Waals surface area contributed by atoms with Gasteiger partial charge in [0.15, 0.2) is 11.6 Å². The second-order valence-electron chi connectivity index (χ2n) is 9.76. The Bertz CT molecular complexity index is 876. The molecule has 1 aliphatic carbocycles. The lowest BCUT2D eigenvalue weighted by molar-refractivity contribution is 0.0973. The molecule has 0 unspecified atom stereocenters. The number of benzene rings is 1. The minimum Gasteiger partial charge on any atom is -0.289 e. The molecule has 0 spiro atoms. The van der Waals surface area contributed by atoms with Gasteiger partial charge in [-0.05, 0) is 57.8 Å². The fourth-order valence-corrected chi connectivity index (χ4v) is 4.15. The molecule has 0 saturated heterocycles. The molecule has 0 atom stereocenters. The highest BCUT2D eigenvalue weighted by atomic mass is 16.1. The Balaban J connectivity index is 2.08. The molecule has 0 saturated carbocycles. The van der Waals surface area contributed by atoms with Gasteiger partial charge in [0.05, 0.1) is 0 Å². The van der Waals surface area contributed by atoms with Gasteiger partial charge in [0.2, 0.25) is 0 Å². The van der Waals surface area contributed by atoms with E-state index in [0.29, 0.717) is 34.6 Å². The van der Waals surface area contributed by atoms with Crippen molar-refractivity contribution in [1.82, 2.24) is 0 Å². The number of carbonyl (C=O) groups is 2. The van der Waals surface area contributed by atoms with Crippen LogP contribution in [0.5, 0.6) is 0 Å². The van der Waals surface area contributed by atoms with Gasteiger partial charge in [-0.1, -0.05) is 75.3 Å². The Kier molecular flexibility index (Phi) is 7.57. The summed E-state index contributed by atoms with van der Waals surface area (Å²) < 4.78 is 0. The van der Waals surface area contributed by atoms with Crippen molar-refractivity contribution in [3.05, 3.63) is 69.8 Å². The van der Waals surface area contributed by atoms with E-state index in [2.05, 4.69) is 53.7 Å². The zero-order valence-corrected chi connectivity index (χ0v) is 19.2. The first-order valence-corrected chi connectivity index (χ1v) is 10.7. The maximum absolute atomic E-state index is 12.9. The second kappa shape index (κ2) is 9.52. The average Bonchev–Trinajstić information content (AvgIpc) is 2.64. The normalized spacial score (nSPS) is 16.0. The van der Waals surface area contributed by atoms with Crippen molar-refractivity contribution < 1.29 is 9.59 Å². The van der Waals surface area contributed by atoms with Gasteiger partial charge in [-0.2, -0.15) is 0 Å². The zero-order valence-electron chi connectivity index (χ0n) is 19.2. The molecule has 0 amide bonds. The van der Waals surface area contributed by atoms with Gasteiger partial charge >= 0.3 is 0 Å². The number of hydrogen-bond donors (Lipinski definition) is 0. The molecule has 0 N–H and O–H groups in total. The van der Waals surface area contributed by atoms with E-state index in [4.69, 9.17) is 0 Å². The number of hydrogen-bond acceptors (Lipinski definition) is 2.